The number of halogens is 2. The molecule has 0 aliphatic rings. The molecule has 2 aromatic carbocycles. The van der Waals surface area contributed by atoms with E-state index in [-0.39, 0.29) is 5.91 Å². The maximum absolute atomic E-state index is 12.1. The van der Waals surface area contributed by atoms with Crippen molar-refractivity contribution >= 4 is 34.8 Å². The highest BCUT2D eigenvalue weighted by Crippen LogP contribution is 2.21. The van der Waals surface area contributed by atoms with Gasteiger partial charge in [-0.05, 0) is 49.7 Å². The molecule has 0 radical (unpaired) electrons. The van der Waals surface area contributed by atoms with Crippen LogP contribution in [0.15, 0.2) is 42.5 Å². The van der Waals surface area contributed by atoms with Crippen molar-refractivity contribution in [1.82, 2.24) is 0 Å². The summed E-state index contributed by atoms with van der Waals surface area (Å²) in [6.45, 7) is 3.57. The maximum atomic E-state index is 12.1. The highest BCUT2D eigenvalue weighted by molar-refractivity contribution is 6.31. The van der Waals surface area contributed by atoms with Crippen molar-refractivity contribution in [2.75, 3.05) is 5.32 Å². The molecule has 5 heteroatoms. The first-order valence-electron chi connectivity index (χ1n) is 6.45. The number of benzene rings is 2. The Balaban J connectivity index is 2.00. The van der Waals surface area contributed by atoms with Crippen LogP contribution in [-0.4, -0.2) is 12.0 Å². The Morgan fingerprint density at radius 3 is 2.62 bits per heavy atom. The molecule has 3 nitrogen and oxygen atoms in total. The molecule has 21 heavy (non-hydrogen) atoms. The summed E-state index contributed by atoms with van der Waals surface area (Å²) in [5.41, 5.74) is 1.59. The highest BCUT2D eigenvalue weighted by atomic mass is 35.5. The SMILES string of the molecule is Cc1ccc(NC(=O)[C@H](C)Oc2cccc(Cl)c2)cc1Cl. The summed E-state index contributed by atoms with van der Waals surface area (Å²) in [5.74, 6) is 0.294. The van der Waals surface area contributed by atoms with Gasteiger partial charge in [0, 0.05) is 15.7 Å². The number of nitrogens with one attached hydrogen (secondary N) is 1. The third-order valence-corrected chi connectivity index (χ3v) is 3.56. The lowest BCUT2D eigenvalue weighted by Gasteiger charge is -2.15. The van der Waals surface area contributed by atoms with Crippen LogP contribution in [-0.2, 0) is 4.79 Å². The largest absolute Gasteiger partial charge is 0.481 e. The van der Waals surface area contributed by atoms with Gasteiger partial charge in [-0.25, -0.2) is 0 Å². The molecule has 2 aromatic rings. The second-order valence-electron chi connectivity index (χ2n) is 4.67. The normalized spacial score (nSPS) is 11.8. The monoisotopic (exact) mass is 323 g/mol. The quantitative estimate of drug-likeness (QED) is 0.885. The van der Waals surface area contributed by atoms with Crippen molar-refractivity contribution < 1.29 is 9.53 Å². The lowest BCUT2D eigenvalue weighted by atomic mass is 10.2. The Bertz CT molecular complexity index is 658. The van der Waals surface area contributed by atoms with E-state index in [2.05, 4.69) is 5.32 Å². The van der Waals surface area contributed by atoms with Crippen LogP contribution in [0.2, 0.25) is 10.0 Å². The molecule has 0 spiro atoms. The number of aryl methyl sites for hydroxylation is 1. The molecule has 0 bridgehead atoms. The predicted molar refractivity (Wildman–Crippen MR) is 86.4 cm³/mol. The first-order chi connectivity index (χ1) is 9.95. The van der Waals surface area contributed by atoms with Crippen LogP contribution in [0.1, 0.15) is 12.5 Å². The summed E-state index contributed by atoms with van der Waals surface area (Å²) >= 11 is 11.9. The van der Waals surface area contributed by atoms with Crippen LogP contribution in [0.3, 0.4) is 0 Å². The van der Waals surface area contributed by atoms with Crippen molar-refractivity contribution in [1.29, 1.82) is 0 Å². The van der Waals surface area contributed by atoms with Gasteiger partial charge in [0.1, 0.15) is 5.75 Å². The van der Waals surface area contributed by atoms with Gasteiger partial charge in [0.05, 0.1) is 0 Å². The van der Waals surface area contributed by atoms with Crippen molar-refractivity contribution in [3.05, 3.63) is 58.1 Å². The summed E-state index contributed by atoms with van der Waals surface area (Å²) in [5, 5.41) is 3.93. The number of anilines is 1. The Hall–Kier alpha value is -1.71. The first-order valence-corrected chi connectivity index (χ1v) is 7.20. The van der Waals surface area contributed by atoms with Crippen LogP contribution in [0.5, 0.6) is 5.75 Å². The fourth-order valence-corrected chi connectivity index (χ4v) is 2.07. The average molecular weight is 324 g/mol. The molecule has 0 aliphatic heterocycles. The van der Waals surface area contributed by atoms with Gasteiger partial charge in [-0.1, -0.05) is 35.3 Å². The standard InChI is InChI=1S/C16H15Cl2NO2/c1-10-6-7-13(9-15(10)18)19-16(20)11(2)21-14-5-3-4-12(17)8-14/h3-9,11H,1-2H3,(H,19,20)/t11-/m0/s1. The molecule has 0 unspecified atom stereocenters. The fraction of sp³-hybridized carbons (Fsp3) is 0.188. The topological polar surface area (TPSA) is 38.3 Å². The first kappa shape index (κ1) is 15.7. The van der Waals surface area contributed by atoms with Gasteiger partial charge in [-0.2, -0.15) is 0 Å². The second-order valence-corrected chi connectivity index (χ2v) is 5.51. The van der Waals surface area contributed by atoms with E-state index in [1.165, 1.54) is 0 Å². The van der Waals surface area contributed by atoms with E-state index in [9.17, 15) is 4.79 Å². The molecular weight excluding hydrogens is 309 g/mol. The molecule has 0 fully saturated rings. The minimum atomic E-state index is -0.649. The van der Waals surface area contributed by atoms with Crippen molar-refractivity contribution in [3.8, 4) is 5.75 Å². The Morgan fingerprint density at radius 2 is 1.95 bits per heavy atom. The Morgan fingerprint density at radius 1 is 1.19 bits per heavy atom. The Kier molecular flexibility index (Phi) is 5.10. The molecule has 0 aromatic heterocycles. The van der Waals surface area contributed by atoms with Gasteiger partial charge < -0.3 is 10.1 Å². The lowest BCUT2D eigenvalue weighted by Crippen LogP contribution is -2.30. The fourth-order valence-electron chi connectivity index (χ4n) is 1.71. The summed E-state index contributed by atoms with van der Waals surface area (Å²) in [4.78, 5) is 12.1. The number of ether oxygens (including phenoxy) is 1. The van der Waals surface area contributed by atoms with Crippen LogP contribution in [0.25, 0.3) is 0 Å². The van der Waals surface area contributed by atoms with Crippen LogP contribution in [0.4, 0.5) is 5.69 Å². The summed E-state index contributed by atoms with van der Waals surface area (Å²) in [6.07, 6.45) is -0.649. The molecule has 1 atom stereocenters. The minimum Gasteiger partial charge on any atom is -0.481 e. The molecule has 0 saturated carbocycles. The van der Waals surface area contributed by atoms with Gasteiger partial charge >= 0.3 is 0 Å². The van der Waals surface area contributed by atoms with E-state index in [1.807, 2.05) is 13.0 Å². The van der Waals surface area contributed by atoms with E-state index in [0.717, 1.165) is 5.56 Å². The second kappa shape index (κ2) is 6.83. The van der Waals surface area contributed by atoms with Gasteiger partial charge in [0.2, 0.25) is 0 Å². The lowest BCUT2D eigenvalue weighted by molar-refractivity contribution is -0.122. The van der Waals surface area contributed by atoms with E-state index < -0.39 is 6.10 Å². The summed E-state index contributed by atoms with van der Waals surface area (Å²) in [6, 6.07) is 12.3. The van der Waals surface area contributed by atoms with Crippen LogP contribution >= 0.6 is 23.2 Å². The molecule has 1 amide bonds. The predicted octanol–water partition coefficient (Wildman–Crippen LogP) is 4.71. The number of hydrogen-bond acceptors (Lipinski definition) is 2. The third-order valence-electron chi connectivity index (χ3n) is 2.92. The van der Waals surface area contributed by atoms with E-state index in [0.29, 0.717) is 21.5 Å². The minimum absolute atomic E-state index is 0.255. The molecule has 1 N–H and O–H groups in total. The summed E-state index contributed by atoms with van der Waals surface area (Å²) < 4.78 is 5.55. The Labute approximate surface area is 133 Å². The number of amides is 1. The highest BCUT2D eigenvalue weighted by Gasteiger charge is 2.15. The molecule has 2 rings (SSSR count). The summed E-state index contributed by atoms with van der Waals surface area (Å²) in [7, 11) is 0. The van der Waals surface area contributed by atoms with Gasteiger partial charge in [-0.15, -0.1) is 0 Å². The van der Waals surface area contributed by atoms with E-state index in [1.54, 1.807) is 43.3 Å². The molecule has 0 heterocycles. The van der Waals surface area contributed by atoms with E-state index in [4.69, 9.17) is 27.9 Å². The maximum Gasteiger partial charge on any atom is 0.265 e. The third kappa shape index (κ3) is 4.38. The van der Waals surface area contributed by atoms with Gasteiger partial charge in [0.25, 0.3) is 5.91 Å². The molecule has 110 valence electrons. The number of carbonyl (C=O) groups is 1. The van der Waals surface area contributed by atoms with Crippen LogP contribution < -0.4 is 10.1 Å². The zero-order chi connectivity index (χ0) is 15.4. The zero-order valence-electron chi connectivity index (χ0n) is 11.7. The van der Waals surface area contributed by atoms with E-state index >= 15 is 0 Å². The number of rotatable bonds is 4. The zero-order valence-corrected chi connectivity index (χ0v) is 13.2. The van der Waals surface area contributed by atoms with Gasteiger partial charge in [0.15, 0.2) is 6.10 Å². The van der Waals surface area contributed by atoms with Crippen molar-refractivity contribution in [2.45, 2.75) is 20.0 Å². The molecule has 0 aliphatic carbocycles. The molecule has 0 saturated heterocycles. The average Bonchev–Trinajstić information content (AvgIpc) is 2.43. The van der Waals surface area contributed by atoms with Gasteiger partial charge in [-0.3, -0.25) is 4.79 Å². The van der Waals surface area contributed by atoms with Crippen molar-refractivity contribution in [3.63, 3.8) is 0 Å². The molecular formula is C16H15Cl2NO2. The van der Waals surface area contributed by atoms with Crippen LogP contribution in [0, 0.1) is 6.92 Å². The number of hydrogen-bond donors (Lipinski definition) is 1. The van der Waals surface area contributed by atoms with Crippen molar-refractivity contribution in [2.24, 2.45) is 0 Å². The smallest absolute Gasteiger partial charge is 0.265 e. The number of carbonyl (C=O) groups excluding carboxylic acids is 1.